The number of esters is 1. The molecule has 0 bridgehead atoms. The van der Waals surface area contributed by atoms with E-state index in [1.165, 1.54) is 12.3 Å². The zero-order valence-corrected chi connectivity index (χ0v) is 16.3. The molecule has 7 heteroatoms. The van der Waals surface area contributed by atoms with E-state index < -0.39 is 18.5 Å². The summed E-state index contributed by atoms with van der Waals surface area (Å²) in [7, 11) is 0. The monoisotopic (exact) mass is 408 g/mol. The molecule has 1 heterocycles. The molecule has 0 spiro atoms. The summed E-state index contributed by atoms with van der Waals surface area (Å²) in [4.78, 5) is 41.2. The average Bonchev–Trinajstić information content (AvgIpc) is 2.74. The molecule has 0 saturated carbocycles. The molecule has 0 atom stereocenters. The first-order chi connectivity index (χ1) is 14.0. The van der Waals surface area contributed by atoms with E-state index in [2.05, 4.69) is 10.3 Å². The zero-order chi connectivity index (χ0) is 20.8. The highest BCUT2D eigenvalue weighted by molar-refractivity contribution is 6.32. The molecule has 2 aromatic carbocycles. The first-order valence-corrected chi connectivity index (χ1v) is 9.11. The van der Waals surface area contributed by atoms with Gasteiger partial charge in [0.25, 0.3) is 5.91 Å². The maximum atomic E-state index is 12.8. The minimum Gasteiger partial charge on any atom is -0.452 e. The molecule has 0 saturated heterocycles. The van der Waals surface area contributed by atoms with E-state index in [1.54, 1.807) is 42.5 Å². The van der Waals surface area contributed by atoms with E-state index in [1.807, 2.05) is 19.1 Å². The lowest BCUT2D eigenvalue weighted by Gasteiger charge is -2.10. The predicted molar refractivity (Wildman–Crippen MR) is 109 cm³/mol. The van der Waals surface area contributed by atoms with Crippen LogP contribution in [0.15, 0.2) is 66.9 Å². The van der Waals surface area contributed by atoms with Crippen LogP contribution in [0.4, 0.5) is 5.69 Å². The maximum Gasteiger partial charge on any atom is 0.339 e. The highest BCUT2D eigenvalue weighted by atomic mass is 35.5. The summed E-state index contributed by atoms with van der Waals surface area (Å²) >= 11 is 5.88. The van der Waals surface area contributed by atoms with Crippen LogP contribution in [0, 0.1) is 6.92 Å². The van der Waals surface area contributed by atoms with E-state index >= 15 is 0 Å². The minimum atomic E-state index is -0.770. The number of carbonyl (C=O) groups excluding carboxylic acids is 3. The van der Waals surface area contributed by atoms with Crippen molar-refractivity contribution in [1.29, 1.82) is 0 Å². The molecule has 3 rings (SSSR count). The fourth-order valence-electron chi connectivity index (χ4n) is 2.59. The van der Waals surface area contributed by atoms with Gasteiger partial charge in [-0.3, -0.25) is 9.59 Å². The number of ketones is 1. The lowest BCUT2D eigenvalue weighted by atomic mass is 9.98. The number of hydrogen-bond donors (Lipinski definition) is 1. The second-order valence-electron chi connectivity index (χ2n) is 6.21. The molecule has 146 valence electrons. The van der Waals surface area contributed by atoms with Crippen LogP contribution in [-0.4, -0.2) is 29.3 Å². The highest BCUT2D eigenvalue weighted by Gasteiger charge is 2.20. The van der Waals surface area contributed by atoms with Gasteiger partial charge in [-0.2, -0.15) is 0 Å². The second-order valence-corrected chi connectivity index (χ2v) is 6.56. The Balaban J connectivity index is 1.70. The highest BCUT2D eigenvalue weighted by Crippen LogP contribution is 2.18. The van der Waals surface area contributed by atoms with Gasteiger partial charge in [0.1, 0.15) is 0 Å². The summed E-state index contributed by atoms with van der Waals surface area (Å²) in [5.41, 5.74) is 2.08. The van der Waals surface area contributed by atoms with Crippen LogP contribution in [0.2, 0.25) is 5.15 Å². The van der Waals surface area contributed by atoms with E-state index in [-0.39, 0.29) is 22.1 Å². The summed E-state index contributed by atoms with van der Waals surface area (Å²) in [6.07, 6.45) is 1.49. The molecule has 1 N–H and O–H groups in total. The molecule has 0 aliphatic rings. The average molecular weight is 409 g/mol. The lowest BCUT2D eigenvalue weighted by Crippen LogP contribution is -2.22. The maximum absolute atomic E-state index is 12.8. The fourth-order valence-corrected chi connectivity index (χ4v) is 2.76. The first-order valence-electron chi connectivity index (χ1n) is 8.73. The smallest absolute Gasteiger partial charge is 0.339 e. The number of carbonyl (C=O) groups is 3. The number of amides is 1. The van der Waals surface area contributed by atoms with Crippen LogP contribution >= 0.6 is 11.6 Å². The molecule has 1 aromatic heterocycles. The van der Waals surface area contributed by atoms with Crippen molar-refractivity contribution in [2.45, 2.75) is 6.92 Å². The summed E-state index contributed by atoms with van der Waals surface area (Å²) < 4.78 is 5.08. The summed E-state index contributed by atoms with van der Waals surface area (Å²) in [5.74, 6) is -1.65. The Kier molecular flexibility index (Phi) is 6.36. The van der Waals surface area contributed by atoms with Crippen molar-refractivity contribution < 1.29 is 19.1 Å². The molecular formula is C22H17ClN2O4. The third-order valence-corrected chi connectivity index (χ3v) is 4.37. The van der Waals surface area contributed by atoms with Crippen LogP contribution in [0.25, 0.3) is 0 Å². The van der Waals surface area contributed by atoms with Crippen molar-refractivity contribution in [1.82, 2.24) is 4.98 Å². The molecule has 0 aliphatic heterocycles. The summed E-state index contributed by atoms with van der Waals surface area (Å²) in [6, 6.07) is 16.5. The number of aryl methyl sites for hydroxylation is 1. The first kappa shape index (κ1) is 20.2. The number of nitrogens with one attached hydrogen (secondary N) is 1. The molecule has 0 fully saturated rings. The number of aromatic nitrogens is 1. The van der Waals surface area contributed by atoms with Crippen molar-refractivity contribution in [2.75, 3.05) is 11.9 Å². The quantitative estimate of drug-likeness (QED) is 0.377. The normalized spacial score (nSPS) is 10.3. The van der Waals surface area contributed by atoms with Gasteiger partial charge in [0.2, 0.25) is 0 Å². The molecule has 1 amide bonds. The molecule has 3 aromatic rings. The van der Waals surface area contributed by atoms with Gasteiger partial charge < -0.3 is 10.1 Å². The van der Waals surface area contributed by atoms with Crippen molar-refractivity contribution in [3.8, 4) is 0 Å². The number of anilines is 1. The summed E-state index contributed by atoms with van der Waals surface area (Å²) in [6.45, 7) is 1.39. The number of benzene rings is 2. The van der Waals surface area contributed by atoms with Gasteiger partial charge in [0.05, 0.1) is 11.3 Å². The standard InChI is InChI=1S/C22H17ClN2O4/c1-14-8-10-15(11-9-14)20(27)16-5-2-3-6-17(16)22(28)29-13-19(26)25-18-7-4-12-24-21(18)23/h2-12H,13H2,1H3,(H,25,26). The van der Waals surface area contributed by atoms with E-state index in [0.29, 0.717) is 11.3 Å². The molecule has 0 unspecified atom stereocenters. The molecule has 29 heavy (non-hydrogen) atoms. The predicted octanol–water partition coefficient (Wildman–Crippen LogP) is 4.07. The Morgan fingerprint density at radius 1 is 0.966 bits per heavy atom. The van der Waals surface area contributed by atoms with Crippen LogP contribution in [-0.2, 0) is 9.53 Å². The number of nitrogens with zero attached hydrogens (tertiary/aromatic N) is 1. The molecule has 6 nitrogen and oxygen atoms in total. The number of hydrogen-bond acceptors (Lipinski definition) is 5. The third-order valence-electron chi connectivity index (χ3n) is 4.07. The summed E-state index contributed by atoms with van der Waals surface area (Å²) in [5, 5.41) is 2.63. The zero-order valence-electron chi connectivity index (χ0n) is 15.5. The van der Waals surface area contributed by atoms with Gasteiger partial charge in [-0.25, -0.2) is 9.78 Å². The SMILES string of the molecule is Cc1ccc(C(=O)c2ccccc2C(=O)OCC(=O)Nc2cccnc2Cl)cc1. The Morgan fingerprint density at radius 2 is 1.66 bits per heavy atom. The Labute approximate surface area is 172 Å². The Morgan fingerprint density at radius 3 is 2.34 bits per heavy atom. The van der Waals surface area contributed by atoms with Crippen molar-refractivity contribution in [2.24, 2.45) is 0 Å². The van der Waals surface area contributed by atoms with Gasteiger partial charge in [-0.1, -0.05) is 59.6 Å². The second kappa shape index (κ2) is 9.12. The fraction of sp³-hybridized carbons (Fsp3) is 0.0909. The molecular weight excluding hydrogens is 392 g/mol. The lowest BCUT2D eigenvalue weighted by molar-refractivity contribution is -0.119. The van der Waals surface area contributed by atoms with Gasteiger partial charge in [0, 0.05) is 17.3 Å². The third kappa shape index (κ3) is 5.06. The Hall–Kier alpha value is -3.51. The van der Waals surface area contributed by atoms with Gasteiger partial charge in [0.15, 0.2) is 17.5 Å². The van der Waals surface area contributed by atoms with Gasteiger partial charge in [-0.15, -0.1) is 0 Å². The van der Waals surface area contributed by atoms with Crippen LogP contribution in [0.1, 0.15) is 31.8 Å². The van der Waals surface area contributed by atoms with Gasteiger partial charge >= 0.3 is 5.97 Å². The van der Waals surface area contributed by atoms with Crippen LogP contribution < -0.4 is 5.32 Å². The molecule has 0 aliphatic carbocycles. The van der Waals surface area contributed by atoms with Crippen molar-refractivity contribution in [3.63, 3.8) is 0 Å². The molecule has 0 radical (unpaired) electrons. The topological polar surface area (TPSA) is 85.4 Å². The number of pyridine rings is 1. The number of halogens is 1. The van der Waals surface area contributed by atoms with E-state index in [0.717, 1.165) is 5.56 Å². The van der Waals surface area contributed by atoms with E-state index in [9.17, 15) is 14.4 Å². The minimum absolute atomic E-state index is 0.0882. The largest absolute Gasteiger partial charge is 0.452 e. The van der Waals surface area contributed by atoms with Crippen molar-refractivity contribution in [3.05, 3.63) is 94.3 Å². The number of rotatable bonds is 6. The van der Waals surface area contributed by atoms with Gasteiger partial charge in [-0.05, 0) is 25.1 Å². The van der Waals surface area contributed by atoms with Crippen LogP contribution in [0.5, 0.6) is 0 Å². The Bertz CT molecular complexity index is 1060. The van der Waals surface area contributed by atoms with E-state index in [4.69, 9.17) is 16.3 Å². The number of ether oxygens (including phenoxy) is 1. The van der Waals surface area contributed by atoms with Crippen LogP contribution in [0.3, 0.4) is 0 Å². The van der Waals surface area contributed by atoms with Crippen molar-refractivity contribution >= 4 is 34.9 Å².